The molecule has 0 aromatic rings. The van der Waals surface area contributed by atoms with E-state index in [4.69, 9.17) is 4.74 Å². The Hall–Kier alpha value is -0.120. The molecule has 1 saturated carbocycles. The fourth-order valence-electron chi connectivity index (χ4n) is 3.45. The van der Waals surface area contributed by atoms with E-state index in [-0.39, 0.29) is 0 Å². The summed E-state index contributed by atoms with van der Waals surface area (Å²) in [5.74, 6) is 0.810. The molecule has 3 nitrogen and oxygen atoms in total. The van der Waals surface area contributed by atoms with Crippen molar-refractivity contribution < 1.29 is 4.74 Å². The van der Waals surface area contributed by atoms with Crippen molar-refractivity contribution >= 4 is 0 Å². The SMILES string of the molecule is CNC1CCC(N2CCC(COC)CC2)CC1. The van der Waals surface area contributed by atoms with Crippen molar-refractivity contribution in [1.82, 2.24) is 10.2 Å². The van der Waals surface area contributed by atoms with Gasteiger partial charge < -0.3 is 15.0 Å². The zero-order valence-electron chi connectivity index (χ0n) is 11.5. The van der Waals surface area contributed by atoms with Crippen LogP contribution in [0.1, 0.15) is 38.5 Å². The predicted molar refractivity (Wildman–Crippen MR) is 71.3 cm³/mol. The van der Waals surface area contributed by atoms with Gasteiger partial charge in [0.2, 0.25) is 0 Å². The Morgan fingerprint density at radius 3 is 2.24 bits per heavy atom. The summed E-state index contributed by atoms with van der Waals surface area (Å²) in [5, 5.41) is 3.42. The van der Waals surface area contributed by atoms with Crippen LogP contribution in [0.3, 0.4) is 0 Å². The Morgan fingerprint density at radius 2 is 1.71 bits per heavy atom. The molecule has 2 fully saturated rings. The Kier molecular flexibility index (Phi) is 5.26. The lowest BCUT2D eigenvalue weighted by atomic mass is 9.88. The van der Waals surface area contributed by atoms with Gasteiger partial charge in [-0.05, 0) is 64.6 Å². The molecule has 2 rings (SSSR count). The van der Waals surface area contributed by atoms with Crippen LogP contribution in [0.2, 0.25) is 0 Å². The minimum atomic E-state index is 0.775. The Balaban J connectivity index is 1.70. The summed E-state index contributed by atoms with van der Waals surface area (Å²) >= 11 is 0. The van der Waals surface area contributed by atoms with Crippen LogP contribution in [0.4, 0.5) is 0 Å². The normalized spacial score (nSPS) is 32.8. The first-order valence-corrected chi connectivity index (χ1v) is 7.23. The number of hydrogen-bond acceptors (Lipinski definition) is 3. The average molecular weight is 240 g/mol. The fraction of sp³-hybridized carbons (Fsp3) is 1.00. The number of nitrogens with zero attached hydrogens (tertiary/aromatic N) is 1. The molecular weight excluding hydrogens is 212 g/mol. The molecule has 0 aromatic heterocycles. The minimum absolute atomic E-state index is 0.775. The summed E-state index contributed by atoms with van der Waals surface area (Å²) in [6.07, 6.45) is 8.17. The standard InChI is InChI=1S/C14H28N2O/c1-15-13-3-5-14(6-4-13)16-9-7-12(8-10-16)11-17-2/h12-15H,3-11H2,1-2H3. The van der Waals surface area contributed by atoms with Crippen molar-refractivity contribution in [3.63, 3.8) is 0 Å². The Labute approximate surface area is 106 Å². The molecule has 0 bridgehead atoms. The number of hydrogen-bond donors (Lipinski definition) is 1. The summed E-state index contributed by atoms with van der Waals surface area (Å²) in [5.41, 5.74) is 0. The molecule has 0 amide bonds. The molecule has 2 aliphatic rings. The predicted octanol–water partition coefficient (Wildman–Crippen LogP) is 1.88. The molecule has 3 heteroatoms. The first kappa shape index (κ1) is 13.3. The van der Waals surface area contributed by atoms with Crippen LogP contribution < -0.4 is 5.32 Å². The molecule has 1 aliphatic carbocycles. The zero-order chi connectivity index (χ0) is 12.1. The first-order valence-electron chi connectivity index (χ1n) is 7.23. The van der Waals surface area contributed by atoms with Gasteiger partial charge in [-0.15, -0.1) is 0 Å². The van der Waals surface area contributed by atoms with Gasteiger partial charge in [0, 0.05) is 25.8 Å². The van der Waals surface area contributed by atoms with E-state index in [9.17, 15) is 0 Å². The van der Waals surface area contributed by atoms with Crippen molar-refractivity contribution in [2.24, 2.45) is 5.92 Å². The molecule has 0 atom stereocenters. The van der Waals surface area contributed by atoms with Gasteiger partial charge >= 0.3 is 0 Å². The van der Waals surface area contributed by atoms with E-state index in [0.717, 1.165) is 24.6 Å². The Bertz CT molecular complexity index is 206. The highest BCUT2D eigenvalue weighted by Crippen LogP contribution is 2.27. The third-order valence-electron chi connectivity index (χ3n) is 4.67. The molecule has 17 heavy (non-hydrogen) atoms. The highest BCUT2D eigenvalue weighted by atomic mass is 16.5. The van der Waals surface area contributed by atoms with E-state index in [2.05, 4.69) is 17.3 Å². The summed E-state index contributed by atoms with van der Waals surface area (Å²) in [6, 6.07) is 1.64. The van der Waals surface area contributed by atoms with Crippen LogP contribution in [-0.2, 0) is 4.74 Å². The maximum atomic E-state index is 5.26. The van der Waals surface area contributed by atoms with E-state index in [0.29, 0.717) is 0 Å². The van der Waals surface area contributed by atoms with Crippen LogP contribution >= 0.6 is 0 Å². The lowest BCUT2D eigenvalue weighted by Crippen LogP contribution is -2.45. The molecular formula is C14H28N2O. The van der Waals surface area contributed by atoms with Gasteiger partial charge in [0.05, 0.1) is 0 Å². The lowest BCUT2D eigenvalue weighted by molar-refractivity contribution is 0.0654. The molecule has 1 N–H and O–H groups in total. The van der Waals surface area contributed by atoms with Crippen LogP contribution in [0.15, 0.2) is 0 Å². The van der Waals surface area contributed by atoms with Gasteiger partial charge in [-0.25, -0.2) is 0 Å². The number of ether oxygens (including phenoxy) is 1. The van der Waals surface area contributed by atoms with Gasteiger partial charge in [-0.2, -0.15) is 0 Å². The van der Waals surface area contributed by atoms with E-state index in [1.54, 1.807) is 0 Å². The summed E-state index contributed by atoms with van der Waals surface area (Å²) in [7, 11) is 3.92. The second-order valence-corrected chi connectivity index (χ2v) is 5.73. The lowest BCUT2D eigenvalue weighted by Gasteiger charge is -2.40. The molecule has 0 aromatic carbocycles. The topological polar surface area (TPSA) is 24.5 Å². The molecule has 0 spiro atoms. The molecule has 0 radical (unpaired) electrons. The maximum absolute atomic E-state index is 5.26. The maximum Gasteiger partial charge on any atom is 0.0491 e. The summed E-state index contributed by atoms with van der Waals surface area (Å²) in [4.78, 5) is 2.73. The van der Waals surface area contributed by atoms with Crippen molar-refractivity contribution in [2.75, 3.05) is 33.9 Å². The second kappa shape index (κ2) is 6.72. The average Bonchev–Trinajstić information content (AvgIpc) is 2.40. The van der Waals surface area contributed by atoms with E-state index in [1.807, 2.05) is 7.11 Å². The van der Waals surface area contributed by atoms with E-state index in [1.165, 1.54) is 51.6 Å². The van der Waals surface area contributed by atoms with Gasteiger partial charge in [0.25, 0.3) is 0 Å². The number of nitrogens with one attached hydrogen (secondary N) is 1. The highest BCUT2D eigenvalue weighted by Gasteiger charge is 2.28. The van der Waals surface area contributed by atoms with Gasteiger partial charge in [-0.3, -0.25) is 0 Å². The van der Waals surface area contributed by atoms with Gasteiger partial charge in [-0.1, -0.05) is 0 Å². The highest BCUT2D eigenvalue weighted by molar-refractivity contribution is 4.84. The molecule has 0 unspecified atom stereocenters. The minimum Gasteiger partial charge on any atom is -0.384 e. The zero-order valence-corrected chi connectivity index (χ0v) is 11.5. The van der Waals surface area contributed by atoms with Crippen LogP contribution in [-0.4, -0.2) is 50.8 Å². The first-order chi connectivity index (χ1) is 8.33. The molecule has 1 aliphatic heterocycles. The summed E-state index contributed by atoms with van der Waals surface area (Å²) < 4.78 is 5.26. The number of rotatable bonds is 4. The van der Waals surface area contributed by atoms with Crippen LogP contribution in [0, 0.1) is 5.92 Å². The Morgan fingerprint density at radius 1 is 1.06 bits per heavy atom. The molecule has 1 saturated heterocycles. The number of piperidine rings is 1. The van der Waals surface area contributed by atoms with Crippen molar-refractivity contribution in [2.45, 2.75) is 50.6 Å². The van der Waals surface area contributed by atoms with Crippen LogP contribution in [0.25, 0.3) is 0 Å². The molecule has 1 heterocycles. The van der Waals surface area contributed by atoms with Crippen LogP contribution in [0.5, 0.6) is 0 Å². The summed E-state index contributed by atoms with van der Waals surface area (Å²) in [6.45, 7) is 3.55. The second-order valence-electron chi connectivity index (χ2n) is 5.73. The van der Waals surface area contributed by atoms with E-state index < -0.39 is 0 Å². The third-order valence-corrected chi connectivity index (χ3v) is 4.67. The largest absolute Gasteiger partial charge is 0.384 e. The third kappa shape index (κ3) is 3.67. The van der Waals surface area contributed by atoms with Gasteiger partial charge in [0.15, 0.2) is 0 Å². The number of likely N-dealkylation sites (tertiary alicyclic amines) is 1. The van der Waals surface area contributed by atoms with Crippen molar-refractivity contribution in [3.8, 4) is 0 Å². The fourth-order valence-corrected chi connectivity index (χ4v) is 3.45. The number of methoxy groups -OCH3 is 1. The van der Waals surface area contributed by atoms with Crippen molar-refractivity contribution in [3.05, 3.63) is 0 Å². The van der Waals surface area contributed by atoms with E-state index >= 15 is 0 Å². The smallest absolute Gasteiger partial charge is 0.0491 e. The van der Waals surface area contributed by atoms with Crippen molar-refractivity contribution in [1.29, 1.82) is 0 Å². The monoisotopic (exact) mass is 240 g/mol. The van der Waals surface area contributed by atoms with Gasteiger partial charge in [0.1, 0.15) is 0 Å². The molecule has 100 valence electrons. The quantitative estimate of drug-likeness (QED) is 0.812.